The lowest BCUT2D eigenvalue weighted by Crippen LogP contribution is -2.48. The number of benzene rings is 1. The standard InChI is InChI=1S/C23H29ClN4O6/c1-12-9-13(20(30)26-12)10-18(19(29)22(32)25-2)27-21(31)16-11-14(24)7-8-17(16)28-23(33)34-15-5-3-4-6-15/h7-8,11-13,15,18H,3-6,9-10H2,1-2H3,(H,25,32)(H,26,30)(H,27,31)(H,28,33)/t12-,13+,18+/m1/s1. The fourth-order valence-electron chi connectivity index (χ4n) is 4.30. The molecule has 0 unspecified atom stereocenters. The number of halogens is 1. The zero-order valence-electron chi connectivity index (χ0n) is 19.1. The molecule has 1 aliphatic carbocycles. The van der Waals surface area contributed by atoms with Gasteiger partial charge in [0.2, 0.25) is 11.7 Å². The second-order valence-corrected chi connectivity index (χ2v) is 9.11. The number of likely N-dealkylation sites (N-methyl/N-ethyl adjacent to an activating group) is 1. The Kier molecular flexibility index (Phi) is 8.49. The van der Waals surface area contributed by atoms with Crippen LogP contribution in [0.25, 0.3) is 0 Å². The molecule has 1 saturated heterocycles. The molecule has 34 heavy (non-hydrogen) atoms. The van der Waals surface area contributed by atoms with Crippen LogP contribution in [0.2, 0.25) is 5.02 Å². The van der Waals surface area contributed by atoms with Crippen molar-refractivity contribution in [2.24, 2.45) is 5.92 Å². The Morgan fingerprint density at radius 3 is 2.53 bits per heavy atom. The smallest absolute Gasteiger partial charge is 0.411 e. The van der Waals surface area contributed by atoms with E-state index in [1.165, 1.54) is 25.2 Å². The van der Waals surface area contributed by atoms with Crippen LogP contribution in [-0.2, 0) is 19.1 Å². The van der Waals surface area contributed by atoms with E-state index in [0.717, 1.165) is 25.7 Å². The van der Waals surface area contributed by atoms with Crippen LogP contribution in [0.4, 0.5) is 10.5 Å². The van der Waals surface area contributed by atoms with E-state index in [4.69, 9.17) is 16.3 Å². The summed E-state index contributed by atoms with van der Waals surface area (Å²) in [7, 11) is 1.30. The van der Waals surface area contributed by atoms with Gasteiger partial charge in [0.1, 0.15) is 6.10 Å². The molecule has 1 aromatic carbocycles. The van der Waals surface area contributed by atoms with E-state index in [2.05, 4.69) is 21.3 Å². The molecule has 11 heteroatoms. The summed E-state index contributed by atoms with van der Waals surface area (Å²) in [4.78, 5) is 62.3. The third kappa shape index (κ3) is 6.47. The lowest BCUT2D eigenvalue weighted by Gasteiger charge is -2.20. The van der Waals surface area contributed by atoms with Crippen LogP contribution >= 0.6 is 11.6 Å². The van der Waals surface area contributed by atoms with E-state index < -0.39 is 35.7 Å². The first-order valence-corrected chi connectivity index (χ1v) is 11.7. The SMILES string of the molecule is CNC(=O)C(=O)[C@H](C[C@@H]1C[C@@H](C)NC1=O)NC(=O)c1cc(Cl)ccc1NC(=O)OC1CCCC1. The van der Waals surface area contributed by atoms with Gasteiger partial charge in [0.15, 0.2) is 0 Å². The molecule has 3 atom stereocenters. The zero-order chi connectivity index (χ0) is 24.8. The summed E-state index contributed by atoms with van der Waals surface area (Å²) in [5.74, 6) is -3.27. The molecule has 1 heterocycles. The van der Waals surface area contributed by atoms with Gasteiger partial charge in [-0.2, -0.15) is 0 Å². The van der Waals surface area contributed by atoms with Crippen molar-refractivity contribution in [2.75, 3.05) is 12.4 Å². The number of carbonyl (C=O) groups is 5. The molecule has 1 saturated carbocycles. The van der Waals surface area contributed by atoms with Crippen molar-refractivity contribution >= 4 is 46.9 Å². The number of hydrogen-bond acceptors (Lipinski definition) is 6. The predicted octanol–water partition coefficient (Wildman–Crippen LogP) is 2.16. The number of anilines is 1. The molecule has 2 fully saturated rings. The number of nitrogens with one attached hydrogen (secondary N) is 4. The lowest BCUT2D eigenvalue weighted by atomic mass is 9.93. The molecule has 0 bridgehead atoms. The van der Waals surface area contributed by atoms with Crippen LogP contribution in [-0.4, -0.2) is 54.8 Å². The first-order valence-electron chi connectivity index (χ1n) is 11.3. The average Bonchev–Trinajstić information content (AvgIpc) is 3.41. The summed E-state index contributed by atoms with van der Waals surface area (Å²) in [5.41, 5.74) is 0.137. The Morgan fingerprint density at radius 1 is 1.21 bits per heavy atom. The van der Waals surface area contributed by atoms with Crippen molar-refractivity contribution < 1.29 is 28.7 Å². The topological polar surface area (TPSA) is 143 Å². The molecule has 3 rings (SSSR count). The van der Waals surface area contributed by atoms with Crippen molar-refractivity contribution in [1.29, 1.82) is 0 Å². The molecule has 4 N–H and O–H groups in total. The first kappa shape index (κ1) is 25.5. The second kappa shape index (κ2) is 11.3. The molecule has 1 aromatic rings. The maximum Gasteiger partial charge on any atom is 0.411 e. The van der Waals surface area contributed by atoms with Gasteiger partial charge in [-0.25, -0.2) is 4.79 Å². The van der Waals surface area contributed by atoms with Gasteiger partial charge in [0, 0.05) is 24.0 Å². The summed E-state index contributed by atoms with van der Waals surface area (Å²) in [6, 6.07) is 2.98. The van der Waals surface area contributed by atoms with Gasteiger partial charge >= 0.3 is 6.09 Å². The highest BCUT2D eigenvalue weighted by atomic mass is 35.5. The second-order valence-electron chi connectivity index (χ2n) is 8.67. The molecule has 10 nitrogen and oxygen atoms in total. The van der Waals surface area contributed by atoms with Gasteiger partial charge in [-0.05, 0) is 63.6 Å². The van der Waals surface area contributed by atoms with Gasteiger partial charge in [0.25, 0.3) is 11.8 Å². The number of amides is 4. The van der Waals surface area contributed by atoms with Crippen LogP contribution in [0.5, 0.6) is 0 Å². The first-order chi connectivity index (χ1) is 16.2. The summed E-state index contributed by atoms with van der Waals surface area (Å²) >= 11 is 6.07. The van der Waals surface area contributed by atoms with E-state index in [9.17, 15) is 24.0 Å². The van der Waals surface area contributed by atoms with Crippen LogP contribution in [0.3, 0.4) is 0 Å². The van der Waals surface area contributed by atoms with Crippen molar-refractivity contribution in [3.05, 3.63) is 28.8 Å². The Morgan fingerprint density at radius 2 is 1.91 bits per heavy atom. The van der Waals surface area contributed by atoms with E-state index >= 15 is 0 Å². The number of ketones is 1. The molecule has 184 valence electrons. The molecule has 4 amide bonds. The molecule has 1 aliphatic heterocycles. The Bertz CT molecular complexity index is 978. The quantitative estimate of drug-likeness (QED) is 0.409. The molecule has 0 aromatic heterocycles. The van der Waals surface area contributed by atoms with E-state index in [1.807, 2.05) is 6.92 Å². The van der Waals surface area contributed by atoms with E-state index in [1.54, 1.807) is 0 Å². The van der Waals surface area contributed by atoms with Gasteiger partial charge in [-0.1, -0.05) is 11.6 Å². The molecular weight excluding hydrogens is 464 g/mol. The molecule has 2 aliphatic rings. The van der Waals surface area contributed by atoms with Crippen LogP contribution < -0.4 is 21.3 Å². The van der Waals surface area contributed by atoms with Crippen molar-refractivity contribution in [3.8, 4) is 0 Å². The van der Waals surface area contributed by atoms with Crippen LogP contribution in [0.15, 0.2) is 18.2 Å². The summed E-state index contributed by atoms with van der Waals surface area (Å²) in [6.45, 7) is 1.83. The highest BCUT2D eigenvalue weighted by molar-refractivity contribution is 6.38. The third-order valence-electron chi connectivity index (χ3n) is 6.03. The van der Waals surface area contributed by atoms with Crippen molar-refractivity contribution in [3.63, 3.8) is 0 Å². The number of Topliss-reactive ketones (excluding diaryl/α,β-unsaturated/α-hetero) is 1. The normalized spacial score (nSPS) is 20.9. The van der Waals surface area contributed by atoms with Gasteiger partial charge in [0.05, 0.1) is 17.3 Å². The summed E-state index contributed by atoms with van der Waals surface area (Å²) < 4.78 is 5.39. The van der Waals surface area contributed by atoms with Gasteiger partial charge < -0.3 is 20.7 Å². The van der Waals surface area contributed by atoms with Gasteiger partial charge in [-0.15, -0.1) is 0 Å². The van der Waals surface area contributed by atoms with E-state index in [-0.39, 0.29) is 40.7 Å². The molecule has 0 radical (unpaired) electrons. The minimum Gasteiger partial charge on any atom is -0.446 e. The zero-order valence-corrected chi connectivity index (χ0v) is 19.9. The summed E-state index contributed by atoms with van der Waals surface area (Å²) in [6.07, 6.45) is 3.13. The fourth-order valence-corrected chi connectivity index (χ4v) is 4.47. The average molecular weight is 493 g/mol. The Balaban J connectivity index is 1.77. The maximum absolute atomic E-state index is 13.1. The van der Waals surface area contributed by atoms with Gasteiger partial charge in [-0.3, -0.25) is 24.5 Å². The minimum absolute atomic E-state index is 0.00480. The number of rotatable bonds is 8. The summed E-state index contributed by atoms with van der Waals surface area (Å²) in [5, 5.41) is 10.4. The highest BCUT2D eigenvalue weighted by Gasteiger charge is 2.36. The van der Waals surface area contributed by atoms with E-state index in [0.29, 0.717) is 6.42 Å². The fraction of sp³-hybridized carbons (Fsp3) is 0.522. The largest absolute Gasteiger partial charge is 0.446 e. The number of hydrogen-bond donors (Lipinski definition) is 4. The number of ether oxygens (including phenoxy) is 1. The Labute approximate surface area is 202 Å². The maximum atomic E-state index is 13.1. The third-order valence-corrected chi connectivity index (χ3v) is 6.26. The molecule has 0 spiro atoms. The lowest BCUT2D eigenvalue weighted by molar-refractivity contribution is -0.139. The minimum atomic E-state index is -1.24. The Hall–Kier alpha value is -3.14. The van der Waals surface area contributed by atoms with Crippen LogP contribution in [0.1, 0.15) is 55.8 Å². The van der Waals surface area contributed by atoms with Crippen molar-refractivity contribution in [1.82, 2.24) is 16.0 Å². The van der Waals surface area contributed by atoms with Crippen LogP contribution in [0, 0.1) is 5.92 Å². The number of carbonyl (C=O) groups excluding carboxylic acids is 5. The molecular formula is C23H29ClN4O6. The predicted molar refractivity (Wildman–Crippen MR) is 124 cm³/mol. The van der Waals surface area contributed by atoms with Crippen molar-refractivity contribution in [2.45, 2.75) is 63.6 Å². The monoisotopic (exact) mass is 492 g/mol. The highest BCUT2D eigenvalue weighted by Crippen LogP contribution is 2.25.